The van der Waals surface area contributed by atoms with Crippen LogP contribution in [0.1, 0.15) is 58.8 Å². The molecule has 1 saturated carbocycles. The first-order chi connectivity index (χ1) is 8.65. The minimum absolute atomic E-state index is 0.0119. The average Bonchev–Trinajstić information content (AvgIpc) is 2.43. The molecule has 4 heteroatoms. The van der Waals surface area contributed by atoms with E-state index in [-0.39, 0.29) is 24.2 Å². The topological polar surface area (TPSA) is 64.3 Å². The van der Waals surface area contributed by atoms with Crippen molar-refractivity contribution in [2.24, 2.45) is 5.73 Å². The van der Waals surface area contributed by atoms with Crippen molar-refractivity contribution in [3.05, 3.63) is 0 Å². The first-order valence-electron chi connectivity index (χ1n) is 7.29. The summed E-state index contributed by atoms with van der Waals surface area (Å²) in [4.78, 5) is 11.8. The summed E-state index contributed by atoms with van der Waals surface area (Å²) >= 11 is 0. The lowest BCUT2D eigenvalue weighted by atomic mass is 9.85. The lowest BCUT2D eigenvalue weighted by Crippen LogP contribution is -2.46. The van der Waals surface area contributed by atoms with Gasteiger partial charge in [0.25, 0.3) is 0 Å². The monoisotopic (exact) mass is 256 g/mol. The van der Waals surface area contributed by atoms with Gasteiger partial charge in [0, 0.05) is 12.6 Å². The number of nitrogens with two attached hydrogens (primary N) is 1. The van der Waals surface area contributed by atoms with Crippen LogP contribution in [0.15, 0.2) is 0 Å². The highest BCUT2D eigenvalue weighted by Crippen LogP contribution is 2.30. The molecule has 1 amide bonds. The van der Waals surface area contributed by atoms with Gasteiger partial charge in [-0.2, -0.15) is 0 Å². The molecule has 0 aromatic carbocycles. The molecular formula is C14H28N2O2. The Kier molecular flexibility index (Phi) is 6.65. The van der Waals surface area contributed by atoms with Gasteiger partial charge in [-0.25, -0.2) is 0 Å². The minimum Gasteiger partial charge on any atom is -0.364 e. The summed E-state index contributed by atoms with van der Waals surface area (Å²) in [6, 6.07) is 0.265. The number of rotatable bonds is 7. The summed E-state index contributed by atoms with van der Waals surface area (Å²) in [7, 11) is 0. The van der Waals surface area contributed by atoms with Crippen LogP contribution in [-0.2, 0) is 9.53 Å². The van der Waals surface area contributed by atoms with Gasteiger partial charge in [-0.15, -0.1) is 0 Å². The van der Waals surface area contributed by atoms with Crippen LogP contribution in [0.5, 0.6) is 0 Å². The molecule has 0 aliphatic heterocycles. The summed E-state index contributed by atoms with van der Waals surface area (Å²) in [6.07, 6.45) is 7.47. The van der Waals surface area contributed by atoms with Crippen LogP contribution in [0.3, 0.4) is 0 Å². The number of nitrogens with one attached hydrogen (secondary N) is 1. The Labute approximate surface area is 111 Å². The Morgan fingerprint density at radius 2 is 1.89 bits per heavy atom. The molecule has 1 fully saturated rings. The molecule has 0 heterocycles. The quantitative estimate of drug-likeness (QED) is 0.732. The lowest BCUT2D eigenvalue weighted by Gasteiger charge is -2.36. The summed E-state index contributed by atoms with van der Waals surface area (Å²) in [5.41, 5.74) is 5.57. The first-order valence-corrected chi connectivity index (χ1v) is 7.29. The predicted molar refractivity (Wildman–Crippen MR) is 73.3 cm³/mol. The van der Waals surface area contributed by atoms with Crippen LogP contribution in [0.2, 0.25) is 0 Å². The van der Waals surface area contributed by atoms with E-state index in [0.29, 0.717) is 6.54 Å². The first kappa shape index (κ1) is 15.4. The molecule has 106 valence electrons. The fourth-order valence-corrected chi connectivity index (χ4v) is 2.58. The fourth-order valence-electron chi connectivity index (χ4n) is 2.58. The smallest absolute Gasteiger partial charge is 0.246 e. The molecule has 0 aromatic rings. The zero-order chi connectivity index (χ0) is 13.4. The Morgan fingerprint density at radius 3 is 2.39 bits per heavy atom. The molecule has 0 spiro atoms. The van der Waals surface area contributed by atoms with Crippen molar-refractivity contribution in [1.29, 1.82) is 0 Å². The van der Waals surface area contributed by atoms with E-state index in [1.165, 1.54) is 6.42 Å². The van der Waals surface area contributed by atoms with Gasteiger partial charge in [0.1, 0.15) is 6.61 Å². The summed E-state index contributed by atoms with van der Waals surface area (Å²) in [5.74, 6) is -0.0119. The van der Waals surface area contributed by atoms with Crippen LogP contribution in [0.25, 0.3) is 0 Å². The maximum absolute atomic E-state index is 11.8. The third-order valence-electron chi connectivity index (χ3n) is 4.00. The molecular weight excluding hydrogens is 228 g/mol. The highest BCUT2D eigenvalue weighted by atomic mass is 16.5. The zero-order valence-corrected chi connectivity index (χ0v) is 11.8. The van der Waals surface area contributed by atoms with Crippen LogP contribution < -0.4 is 11.1 Å². The van der Waals surface area contributed by atoms with Gasteiger partial charge in [0.15, 0.2) is 0 Å². The maximum atomic E-state index is 11.8. The molecule has 0 radical (unpaired) electrons. The van der Waals surface area contributed by atoms with E-state index in [1.807, 2.05) is 0 Å². The Morgan fingerprint density at radius 1 is 1.28 bits per heavy atom. The van der Waals surface area contributed by atoms with Crippen molar-refractivity contribution in [3.8, 4) is 0 Å². The van der Waals surface area contributed by atoms with Crippen molar-refractivity contribution in [3.63, 3.8) is 0 Å². The lowest BCUT2D eigenvalue weighted by molar-refractivity contribution is -0.136. The maximum Gasteiger partial charge on any atom is 0.246 e. The summed E-state index contributed by atoms with van der Waals surface area (Å²) in [5, 5.41) is 2.99. The molecule has 0 bridgehead atoms. The average molecular weight is 256 g/mol. The Bertz CT molecular complexity index is 246. The second-order valence-corrected chi connectivity index (χ2v) is 5.32. The third-order valence-corrected chi connectivity index (χ3v) is 4.00. The zero-order valence-electron chi connectivity index (χ0n) is 11.8. The van der Waals surface area contributed by atoms with Crippen molar-refractivity contribution in [2.75, 3.05) is 13.2 Å². The molecule has 0 saturated heterocycles. The number of carbonyl (C=O) groups excluding carboxylic acids is 1. The van der Waals surface area contributed by atoms with E-state index in [4.69, 9.17) is 10.5 Å². The van der Waals surface area contributed by atoms with Gasteiger partial charge >= 0.3 is 0 Å². The van der Waals surface area contributed by atoms with Crippen molar-refractivity contribution >= 4 is 5.91 Å². The van der Waals surface area contributed by atoms with E-state index in [1.54, 1.807) is 0 Å². The van der Waals surface area contributed by atoms with Gasteiger partial charge in [-0.3, -0.25) is 4.79 Å². The third kappa shape index (κ3) is 4.58. The van der Waals surface area contributed by atoms with E-state index in [9.17, 15) is 4.79 Å². The minimum atomic E-state index is -0.247. The number of hydrogen-bond donors (Lipinski definition) is 2. The molecule has 18 heavy (non-hydrogen) atoms. The van der Waals surface area contributed by atoms with Gasteiger partial charge in [0.2, 0.25) is 5.91 Å². The molecule has 0 atom stereocenters. The van der Waals surface area contributed by atoms with E-state index < -0.39 is 0 Å². The Balaban J connectivity index is 2.35. The van der Waals surface area contributed by atoms with E-state index in [2.05, 4.69) is 19.2 Å². The number of carbonyl (C=O) groups is 1. The molecule has 3 N–H and O–H groups in total. The molecule has 1 aliphatic carbocycles. The van der Waals surface area contributed by atoms with Gasteiger partial charge in [-0.1, -0.05) is 33.1 Å². The van der Waals surface area contributed by atoms with Gasteiger partial charge < -0.3 is 15.8 Å². The second-order valence-electron chi connectivity index (χ2n) is 5.32. The van der Waals surface area contributed by atoms with E-state index in [0.717, 1.165) is 38.5 Å². The second kappa shape index (κ2) is 7.74. The van der Waals surface area contributed by atoms with Crippen LogP contribution in [0.4, 0.5) is 0 Å². The van der Waals surface area contributed by atoms with Crippen LogP contribution in [-0.4, -0.2) is 30.7 Å². The molecule has 1 rings (SSSR count). The molecule has 0 aromatic heterocycles. The largest absolute Gasteiger partial charge is 0.364 e. The van der Waals surface area contributed by atoms with Crippen molar-refractivity contribution in [2.45, 2.75) is 70.4 Å². The highest BCUT2D eigenvalue weighted by molar-refractivity contribution is 5.77. The normalized spacial score (nSPS) is 18.9. The van der Waals surface area contributed by atoms with Gasteiger partial charge in [0.05, 0.1) is 5.60 Å². The standard InChI is InChI=1S/C14H28N2O2/c1-3-12(4-2)16-13(17)10-18-14(11-15)8-6-5-7-9-14/h12H,3-11,15H2,1-2H3,(H,16,17). The van der Waals surface area contributed by atoms with Crippen LogP contribution >= 0.6 is 0 Å². The molecule has 4 nitrogen and oxygen atoms in total. The SMILES string of the molecule is CCC(CC)NC(=O)COC1(CN)CCCCC1. The van der Waals surface area contributed by atoms with Crippen LogP contribution in [0, 0.1) is 0 Å². The summed E-state index contributed by atoms with van der Waals surface area (Å²) in [6.45, 7) is 4.83. The van der Waals surface area contributed by atoms with Crippen molar-refractivity contribution in [1.82, 2.24) is 5.32 Å². The predicted octanol–water partition coefficient (Wildman–Crippen LogP) is 1.97. The van der Waals surface area contributed by atoms with Gasteiger partial charge in [-0.05, 0) is 25.7 Å². The van der Waals surface area contributed by atoms with Crippen molar-refractivity contribution < 1.29 is 9.53 Å². The summed E-state index contributed by atoms with van der Waals surface area (Å²) < 4.78 is 5.83. The molecule has 0 unspecified atom stereocenters. The molecule has 1 aliphatic rings. The highest BCUT2D eigenvalue weighted by Gasteiger charge is 2.32. The fraction of sp³-hybridized carbons (Fsp3) is 0.929. The number of amides is 1. The number of hydrogen-bond acceptors (Lipinski definition) is 3. The number of ether oxygens (including phenoxy) is 1. The van der Waals surface area contributed by atoms with E-state index >= 15 is 0 Å². The Hall–Kier alpha value is -0.610.